The number of carbonyl (C=O) groups is 1. The minimum Gasteiger partial charge on any atom is -0.333 e. The zero-order chi connectivity index (χ0) is 20.2. The Morgan fingerprint density at radius 1 is 1.17 bits per heavy atom. The van der Waals surface area contributed by atoms with Crippen molar-refractivity contribution < 1.29 is 9.18 Å². The number of aromatic nitrogens is 4. The molecule has 6 nitrogen and oxygen atoms in total. The van der Waals surface area contributed by atoms with Gasteiger partial charge in [0, 0.05) is 24.6 Å². The normalized spacial score (nSPS) is 10.8. The molecule has 0 aliphatic carbocycles. The molecular formula is C22H20FN5O. The zero-order valence-electron chi connectivity index (χ0n) is 15.9. The van der Waals surface area contributed by atoms with E-state index < -0.39 is 0 Å². The van der Waals surface area contributed by atoms with Gasteiger partial charge in [-0.1, -0.05) is 19.1 Å². The summed E-state index contributed by atoms with van der Waals surface area (Å²) in [7, 11) is 0. The molecule has 1 N–H and O–H groups in total. The number of anilines is 1. The molecule has 2 aromatic carbocycles. The maximum atomic E-state index is 13.2. The topological polar surface area (TPSA) is 64.7 Å². The molecule has 146 valence electrons. The summed E-state index contributed by atoms with van der Waals surface area (Å²) >= 11 is 0. The molecule has 0 radical (unpaired) electrons. The van der Waals surface area contributed by atoms with Gasteiger partial charge in [0.25, 0.3) is 5.91 Å². The van der Waals surface area contributed by atoms with E-state index >= 15 is 0 Å². The summed E-state index contributed by atoms with van der Waals surface area (Å²) in [5, 5.41) is 7.29. The summed E-state index contributed by atoms with van der Waals surface area (Å²) in [5.41, 5.74) is 3.74. The molecule has 1 amide bonds. The fourth-order valence-electron chi connectivity index (χ4n) is 3.25. The fraction of sp³-hybridized carbons (Fsp3) is 0.136. The number of amides is 1. The van der Waals surface area contributed by atoms with E-state index in [-0.39, 0.29) is 11.7 Å². The predicted molar refractivity (Wildman–Crippen MR) is 109 cm³/mol. The van der Waals surface area contributed by atoms with Gasteiger partial charge in [0.05, 0.1) is 29.5 Å². The van der Waals surface area contributed by atoms with Crippen molar-refractivity contribution in [2.24, 2.45) is 0 Å². The van der Waals surface area contributed by atoms with Gasteiger partial charge in [-0.25, -0.2) is 14.1 Å². The molecule has 2 heterocycles. The summed E-state index contributed by atoms with van der Waals surface area (Å²) in [6.45, 7) is 2.63. The van der Waals surface area contributed by atoms with Crippen LogP contribution >= 0.6 is 0 Å². The molecule has 0 aliphatic rings. The van der Waals surface area contributed by atoms with Crippen LogP contribution < -0.4 is 5.32 Å². The van der Waals surface area contributed by atoms with Crippen LogP contribution in [0, 0.1) is 5.82 Å². The molecule has 0 spiro atoms. The van der Waals surface area contributed by atoms with E-state index in [0.29, 0.717) is 29.9 Å². The van der Waals surface area contributed by atoms with Crippen LogP contribution in [0.5, 0.6) is 0 Å². The number of hydrogen-bond acceptors (Lipinski definition) is 3. The van der Waals surface area contributed by atoms with Crippen molar-refractivity contribution in [1.82, 2.24) is 19.3 Å². The van der Waals surface area contributed by atoms with E-state index in [1.165, 1.54) is 12.1 Å². The number of carbonyl (C=O) groups excluding carboxylic acids is 1. The zero-order valence-corrected chi connectivity index (χ0v) is 15.9. The third-order valence-electron chi connectivity index (χ3n) is 4.63. The average Bonchev–Trinajstić information content (AvgIpc) is 3.38. The Balaban J connectivity index is 1.55. The van der Waals surface area contributed by atoms with E-state index in [0.717, 1.165) is 11.3 Å². The molecule has 0 saturated heterocycles. The second-order valence-electron chi connectivity index (χ2n) is 6.64. The Hall–Kier alpha value is -3.74. The molecule has 29 heavy (non-hydrogen) atoms. The number of benzene rings is 2. The number of imidazole rings is 1. The molecule has 2 aromatic heterocycles. The van der Waals surface area contributed by atoms with E-state index in [1.807, 2.05) is 42.0 Å². The maximum absolute atomic E-state index is 13.2. The highest BCUT2D eigenvalue weighted by Crippen LogP contribution is 2.19. The van der Waals surface area contributed by atoms with Crippen molar-refractivity contribution >= 4 is 11.6 Å². The van der Waals surface area contributed by atoms with Gasteiger partial charge in [-0.05, 0) is 48.4 Å². The molecule has 0 saturated carbocycles. The minimum atomic E-state index is -0.313. The van der Waals surface area contributed by atoms with Gasteiger partial charge in [-0.15, -0.1) is 0 Å². The lowest BCUT2D eigenvalue weighted by atomic mass is 10.1. The van der Waals surface area contributed by atoms with Crippen molar-refractivity contribution in [3.63, 3.8) is 0 Å². The first-order chi connectivity index (χ1) is 14.1. The van der Waals surface area contributed by atoms with Crippen molar-refractivity contribution in [3.8, 4) is 5.69 Å². The second kappa shape index (κ2) is 8.10. The summed E-state index contributed by atoms with van der Waals surface area (Å²) < 4.78 is 16.8. The summed E-state index contributed by atoms with van der Waals surface area (Å²) in [6, 6.07) is 13.7. The standard InChI is InChI=1S/C22H20FN5O/c1-2-21-20(13-25-28(21)19-8-6-17(23)7-9-19)22(29)26-18-5-3-4-16(12-18)14-27-11-10-24-15-27/h3-13,15H,2,14H2,1H3,(H,26,29). The lowest BCUT2D eigenvalue weighted by molar-refractivity contribution is 0.102. The number of hydrogen-bond donors (Lipinski definition) is 1. The molecule has 0 aliphatic heterocycles. The lowest BCUT2D eigenvalue weighted by Gasteiger charge is -2.10. The summed E-state index contributed by atoms with van der Waals surface area (Å²) in [5.74, 6) is -0.539. The molecule has 0 atom stereocenters. The lowest BCUT2D eigenvalue weighted by Crippen LogP contribution is -2.14. The number of nitrogens with one attached hydrogen (secondary N) is 1. The molecular weight excluding hydrogens is 369 g/mol. The number of halogens is 1. The Labute approximate surface area is 167 Å². The second-order valence-corrected chi connectivity index (χ2v) is 6.64. The monoisotopic (exact) mass is 389 g/mol. The Morgan fingerprint density at radius 2 is 2.00 bits per heavy atom. The van der Waals surface area contributed by atoms with Crippen LogP contribution in [0.1, 0.15) is 28.5 Å². The third-order valence-corrected chi connectivity index (χ3v) is 4.63. The first kappa shape index (κ1) is 18.6. The van der Waals surface area contributed by atoms with Crippen molar-refractivity contribution in [2.45, 2.75) is 19.9 Å². The molecule has 0 bridgehead atoms. The van der Waals surface area contributed by atoms with Crippen LogP contribution in [0.2, 0.25) is 0 Å². The van der Waals surface area contributed by atoms with E-state index in [9.17, 15) is 9.18 Å². The van der Waals surface area contributed by atoms with Gasteiger partial charge in [0.1, 0.15) is 5.82 Å². The first-order valence-electron chi connectivity index (χ1n) is 9.33. The number of nitrogens with zero attached hydrogens (tertiary/aromatic N) is 4. The summed E-state index contributed by atoms with van der Waals surface area (Å²) in [6.07, 6.45) is 7.54. The fourth-order valence-corrected chi connectivity index (χ4v) is 3.25. The summed E-state index contributed by atoms with van der Waals surface area (Å²) in [4.78, 5) is 16.9. The van der Waals surface area contributed by atoms with Gasteiger partial charge >= 0.3 is 0 Å². The van der Waals surface area contributed by atoms with Gasteiger partial charge in [0.15, 0.2) is 0 Å². The van der Waals surface area contributed by atoms with Crippen molar-refractivity contribution in [1.29, 1.82) is 0 Å². The van der Waals surface area contributed by atoms with Crippen LogP contribution in [0.3, 0.4) is 0 Å². The highest BCUT2D eigenvalue weighted by Gasteiger charge is 2.17. The van der Waals surface area contributed by atoms with Crippen LogP contribution in [-0.4, -0.2) is 25.2 Å². The van der Waals surface area contributed by atoms with Crippen molar-refractivity contribution in [3.05, 3.63) is 96.1 Å². The van der Waals surface area contributed by atoms with E-state index in [4.69, 9.17) is 0 Å². The van der Waals surface area contributed by atoms with E-state index in [2.05, 4.69) is 15.4 Å². The molecule has 4 aromatic rings. The molecule has 7 heteroatoms. The minimum absolute atomic E-state index is 0.227. The molecule has 0 unspecified atom stereocenters. The highest BCUT2D eigenvalue weighted by molar-refractivity contribution is 6.05. The van der Waals surface area contributed by atoms with Gasteiger partial charge in [-0.3, -0.25) is 4.79 Å². The van der Waals surface area contributed by atoms with Crippen molar-refractivity contribution in [2.75, 3.05) is 5.32 Å². The van der Waals surface area contributed by atoms with Crippen LogP contribution in [0.25, 0.3) is 5.69 Å². The SMILES string of the molecule is CCc1c(C(=O)Nc2cccc(Cn3ccnc3)c2)cnn1-c1ccc(F)cc1. The Bertz CT molecular complexity index is 1120. The first-order valence-corrected chi connectivity index (χ1v) is 9.33. The van der Waals surface area contributed by atoms with Gasteiger partial charge in [0.2, 0.25) is 0 Å². The third kappa shape index (κ3) is 4.08. The van der Waals surface area contributed by atoms with Crippen LogP contribution in [0.4, 0.5) is 10.1 Å². The number of rotatable bonds is 6. The van der Waals surface area contributed by atoms with Crippen LogP contribution in [0.15, 0.2) is 73.4 Å². The maximum Gasteiger partial charge on any atom is 0.259 e. The van der Waals surface area contributed by atoms with Gasteiger partial charge in [-0.2, -0.15) is 5.10 Å². The molecule has 4 rings (SSSR count). The Kier molecular flexibility index (Phi) is 5.20. The quantitative estimate of drug-likeness (QED) is 0.541. The average molecular weight is 389 g/mol. The largest absolute Gasteiger partial charge is 0.333 e. The predicted octanol–water partition coefficient (Wildman–Crippen LogP) is 4.07. The molecule has 0 fully saturated rings. The Morgan fingerprint density at radius 3 is 2.72 bits per heavy atom. The van der Waals surface area contributed by atoms with Crippen LogP contribution in [-0.2, 0) is 13.0 Å². The van der Waals surface area contributed by atoms with E-state index in [1.54, 1.807) is 35.5 Å². The highest BCUT2D eigenvalue weighted by atomic mass is 19.1. The smallest absolute Gasteiger partial charge is 0.259 e. The van der Waals surface area contributed by atoms with Gasteiger partial charge < -0.3 is 9.88 Å².